The molecule has 1 heterocycles. The van der Waals surface area contributed by atoms with E-state index in [1.54, 1.807) is 0 Å². The van der Waals surface area contributed by atoms with E-state index in [0.717, 1.165) is 0 Å². The van der Waals surface area contributed by atoms with Crippen LogP contribution in [0.3, 0.4) is 0 Å². The molecule has 1 amide bonds. The van der Waals surface area contributed by atoms with Crippen LogP contribution in [0.1, 0.15) is 12.6 Å². The Morgan fingerprint density at radius 3 is 2.88 bits per heavy atom. The molecular formula is C13H14BrFN6O3. The van der Waals surface area contributed by atoms with Crippen LogP contribution in [0.15, 0.2) is 32.3 Å². The number of anilines is 1. The van der Waals surface area contributed by atoms with Gasteiger partial charge in [-0.15, -0.1) is 0 Å². The second-order valence-corrected chi connectivity index (χ2v) is 5.40. The quantitative estimate of drug-likeness (QED) is 0.251. The van der Waals surface area contributed by atoms with Crippen LogP contribution >= 0.6 is 15.9 Å². The maximum atomic E-state index is 13.2. The van der Waals surface area contributed by atoms with Gasteiger partial charge in [0.15, 0.2) is 11.5 Å². The summed E-state index contributed by atoms with van der Waals surface area (Å²) in [6.07, 6.45) is 0. The van der Waals surface area contributed by atoms with Crippen molar-refractivity contribution in [3.8, 4) is 0 Å². The van der Waals surface area contributed by atoms with Crippen LogP contribution in [-0.4, -0.2) is 40.4 Å². The van der Waals surface area contributed by atoms with Gasteiger partial charge in [0, 0.05) is 20.0 Å². The summed E-state index contributed by atoms with van der Waals surface area (Å²) in [6.45, 7) is 2.14. The van der Waals surface area contributed by atoms with Crippen LogP contribution in [0.4, 0.5) is 15.9 Å². The summed E-state index contributed by atoms with van der Waals surface area (Å²) in [5, 5.41) is 22.1. The number of halogens is 2. The van der Waals surface area contributed by atoms with Crippen LogP contribution in [0.5, 0.6) is 0 Å². The van der Waals surface area contributed by atoms with Gasteiger partial charge in [-0.25, -0.2) is 14.0 Å². The van der Waals surface area contributed by atoms with Crippen LogP contribution in [-0.2, 0) is 4.79 Å². The fraction of sp³-hybridized carbons (Fsp3) is 0.231. The third kappa shape index (κ3) is 4.73. The van der Waals surface area contributed by atoms with Gasteiger partial charge in [-0.2, -0.15) is 0 Å². The number of aliphatic imine (C=N–C) groups is 1. The second kappa shape index (κ2) is 8.36. The Bertz CT molecular complexity index is 751. The van der Waals surface area contributed by atoms with Gasteiger partial charge in [0.2, 0.25) is 11.7 Å². The minimum atomic E-state index is -0.434. The molecular weight excluding hydrogens is 387 g/mol. The number of rotatable bonds is 6. The number of hydrogen-bond acceptors (Lipinski definition) is 7. The third-order valence-electron chi connectivity index (χ3n) is 2.75. The Morgan fingerprint density at radius 1 is 1.42 bits per heavy atom. The molecule has 0 aliphatic rings. The molecule has 0 radical (unpaired) electrons. The molecule has 0 aliphatic heterocycles. The van der Waals surface area contributed by atoms with Crippen molar-refractivity contribution in [2.24, 2.45) is 4.99 Å². The summed E-state index contributed by atoms with van der Waals surface area (Å²) in [4.78, 5) is 14.9. The smallest absolute Gasteiger partial charge is 0.216 e. The summed E-state index contributed by atoms with van der Waals surface area (Å²) >= 11 is 3.05. The molecule has 4 N–H and O–H groups in total. The fourth-order valence-electron chi connectivity index (χ4n) is 1.69. The first-order valence-corrected chi connectivity index (χ1v) is 7.55. The summed E-state index contributed by atoms with van der Waals surface area (Å²) < 4.78 is 18.1. The van der Waals surface area contributed by atoms with Gasteiger partial charge in [-0.3, -0.25) is 15.5 Å². The minimum Gasteiger partial charge on any atom is -0.363 e. The topological polar surface area (TPSA) is 125 Å². The molecule has 1 aromatic carbocycles. The van der Waals surface area contributed by atoms with E-state index < -0.39 is 5.82 Å². The highest BCUT2D eigenvalue weighted by Crippen LogP contribution is 2.23. The Balaban J connectivity index is 2.15. The zero-order valence-electron chi connectivity index (χ0n) is 12.5. The zero-order valence-corrected chi connectivity index (χ0v) is 14.1. The summed E-state index contributed by atoms with van der Waals surface area (Å²) in [6, 6.07) is 4.09. The first-order chi connectivity index (χ1) is 11.5. The Morgan fingerprint density at radius 2 is 2.21 bits per heavy atom. The highest BCUT2D eigenvalue weighted by Gasteiger charge is 2.16. The first kappa shape index (κ1) is 17.8. The molecule has 0 fully saturated rings. The van der Waals surface area contributed by atoms with Gasteiger partial charge >= 0.3 is 0 Å². The van der Waals surface area contributed by atoms with Crippen molar-refractivity contribution in [2.75, 3.05) is 18.4 Å². The number of amides is 1. The number of hydroxylamine groups is 1. The average Bonchev–Trinajstić information content (AvgIpc) is 3.00. The molecule has 11 heteroatoms. The lowest BCUT2D eigenvalue weighted by molar-refractivity contribution is -0.118. The van der Waals surface area contributed by atoms with Gasteiger partial charge in [0.1, 0.15) is 5.82 Å². The van der Waals surface area contributed by atoms with E-state index in [4.69, 9.17) is 0 Å². The molecule has 0 spiro atoms. The first-order valence-electron chi connectivity index (χ1n) is 6.76. The van der Waals surface area contributed by atoms with E-state index >= 15 is 0 Å². The Kier molecular flexibility index (Phi) is 6.21. The predicted octanol–water partition coefficient (Wildman–Crippen LogP) is 1.58. The summed E-state index contributed by atoms with van der Waals surface area (Å²) in [5.74, 6) is -0.411. The summed E-state index contributed by atoms with van der Waals surface area (Å²) in [7, 11) is 0. The molecule has 24 heavy (non-hydrogen) atoms. The number of amidine groups is 1. The lowest BCUT2D eigenvalue weighted by Crippen LogP contribution is -2.27. The SMILES string of the molecule is CC(=O)NCCNc1nonc1C(=Nc1ccc(F)c(Br)c1)NO. The molecule has 1 aromatic heterocycles. The van der Waals surface area contributed by atoms with E-state index in [1.165, 1.54) is 25.1 Å². The van der Waals surface area contributed by atoms with Crippen LogP contribution in [0.25, 0.3) is 0 Å². The molecule has 0 saturated carbocycles. The second-order valence-electron chi connectivity index (χ2n) is 4.54. The number of hydrogen-bond donors (Lipinski definition) is 4. The monoisotopic (exact) mass is 400 g/mol. The van der Waals surface area contributed by atoms with Gasteiger partial charge < -0.3 is 10.6 Å². The largest absolute Gasteiger partial charge is 0.363 e. The van der Waals surface area contributed by atoms with Crippen molar-refractivity contribution in [1.82, 2.24) is 21.1 Å². The van der Waals surface area contributed by atoms with Gasteiger partial charge in [0.25, 0.3) is 0 Å². The third-order valence-corrected chi connectivity index (χ3v) is 3.36. The summed E-state index contributed by atoms with van der Waals surface area (Å²) in [5.41, 5.74) is 2.40. The standard InChI is InChI=1S/C13H14BrFN6O3/c1-7(22)16-4-5-17-12-11(20-24-21-12)13(19-23)18-8-2-3-10(15)9(14)6-8/h2-3,6,23H,4-5H2,1H3,(H,16,22)(H,17,21)(H,18,19). The number of nitrogens with zero attached hydrogens (tertiary/aromatic N) is 3. The molecule has 128 valence electrons. The maximum absolute atomic E-state index is 13.2. The number of benzene rings is 1. The normalized spacial score (nSPS) is 11.2. The van der Waals surface area contributed by atoms with Crippen molar-refractivity contribution in [2.45, 2.75) is 6.92 Å². The molecule has 0 saturated heterocycles. The number of carbonyl (C=O) groups is 1. The Labute approximate surface area is 144 Å². The average molecular weight is 401 g/mol. The van der Waals surface area contributed by atoms with Crippen molar-refractivity contribution in [1.29, 1.82) is 0 Å². The lowest BCUT2D eigenvalue weighted by atomic mass is 10.3. The molecule has 0 bridgehead atoms. The van der Waals surface area contributed by atoms with Gasteiger partial charge in [-0.05, 0) is 44.4 Å². The van der Waals surface area contributed by atoms with E-state index in [-0.39, 0.29) is 27.7 Å². The molecule has 2 aromatic rings. The van der Waals surface area contributed by atoms with Crippen molar-refractivity contribution < 1.29 is 19.0 Å². The Hall–Kier alpha value is -2.53. The zero-order chi connectivity index (χ0) is 17.5. The van der Waals surface area contributed by atoms with E-state index in [2.05, 4.69) is 46.5 Å². The molecule has 0 atom stereocenters. The molecule has 2 rings (SSSR count). The number of nitrogens with one attached hydrogen (secondary N) is 3. The van der Waals surface area contributed by atoms with Gasteiger partial charge in [0.05, 0.1) is 10.2 Å². The number of carbonyl (C=O) groups excluding carboxylic acids is 1. The highest BCUT2D eigenvalue weighted by molar-refractivity contribution is 9.10. The molecule has 9 nitrogen and oxygen atoms in total. The van der Waals surface area contributed by atoms with E-state index in [0.29, 0.717) is 18.8 Å². The predicted molar refractivity (Wildman–Crippen MR) is 86.7 cm³/mol. The maximum Gasteiger partial charge on any atom is 0.216 e. The van der Waals surface area contributed by atoms with Crippen molar-refractivity contribution in [3.63, 3.8) is 0 Å². The van der Waals surface area contributed by atoms with Gasteiger partial charge in [-0.1, -0.05) is 0 Å². The minimum absolute atomic E-state index is 0.0446. The van der Waals surface area contributed by atoms with Crippen LogP contribution in [0, 0.1) is 5.82 Å². The molecule has 0 aliphatic carbocycles. The van der Waals surface area contributed by atoms with E-state index in [9.17, 15) is 14.4 Å². The van der Waals surface area contributed by atoms with E-state index in [1.807, 2.05) is 5.48 Å². The van der Waals surface area contributed by atoms with Crippen LogP contribution < -0.4 is 16.1 Å². The molecule has 0 unspecified atom stereocenters. The number of aromatic nitrogens is 2. The fourth-order valence-corrected chi connectivity index (χ4v) is 2.06. The van der Waals surface area contributed by atoms with Crippen molar-refractivity contribution >= 4 is 39.2 Å². The lowest BCUT2D eigenvalue weighted by Gasteiger charge is -2.06. The van der Waals surface area contributed by atoms with Crippen LogP contribution in [0.2, 0.25) is 0 Å². The highest BCUT2D eigenvalue weighted by atomic mass is 79.9. The van der Waals surface area contributed by atoms with Crippen molar-refractivity contribution in [3.05, 3.63) is 34.2 Å².